The normalized spacial score (nSPS) is 9.55. The lowest BCUT2D eigenvalue weighted by molar-refractivity contribution is 0.306. The minimum absolute atomic E-state index is 0.359. The van der Waals surface area contributed by atoms with Crippen molar-refractivity contribution in [3.63, 3.8) is 0 Å². The first-order valence-corrected chi connectivity index (χ1v) is 6.83. The second kappa shape index (κ2) is 6.27. The Hall–Kier alpha value is -2.25. The summed E-state index contributed by atoms with van der Waals surface area (Å²) in [6.07, 6.45) is 0. The van der Waals surface area contributed by atoms with Crippen LogP contribution in [0.4, 0.5) is 5.69 Å². The van der Waals surface area contributed by atoms with Crippen LogP contribution in [0.25, 0.3) is 0 Å². The molecule has 0 amide bonds. The van der Waals surface area contributed by atoms with Crippen molar-refractivity contribution >= 4 is 28.3 Å². The molecule has 0 bridgehead atoms. The number of hydrogen-bond donors (Lipinski definition) is 1. The fourth-order valence-electron chi connectivity index (χ4n) is 1.66. The predicted octanol–water partition coefficient (Wildman–Crippen LogP) is 3.20. The summed E-state index contributed by atoms with van der Waals surface area (Å²) in [6.45, 7) is 0.359. The highest BCUT2D eigenvalue weighted by Crippen LogP contribution is 2.30. The van der Waals surface area contributed by atoms with Crippen molar-refractivity contribution in [3.05, 3.63) is 56.7 Å². The van der Waals surface area contributed by atoms with Crippen LogP contribution in [0.3, 0.4) is 0 Å². The van der Waals surface area contributed by atoms with Crippen molar-refractivity contribution in [2.24, 2.45) is 0 Å². The highest BCUT2D eigenvalue weighted by molar-refractivity contribution is 14.1. The molecule has 2 N–H and O–H groups in total. The summed E-state index contributed by atoms with van der Waals surface area (Å²) in [6, 6.07) is 14.6. The van der Waals surface area contributed by atoms with Gasteiger partial charge >= 0.3 is 0 Å². The molecule has 0 unspecified atom stereocenters. The summed E-state index contributed by atoms with van der Waals surface area (Å²) in [7, 11) is 0. The van der Waals surface area contributed by atoms with E-state index in [-0.39, 0.29) is 0 Å². The van der Waals surface area contributed by atoms with Crippen LogP contribution in [0, 0.1) is 26.2 Å². The smallest absolute Gasteiger partial charge is 0.156 e. The summed E-state index contributed by atoms with van der Waals surface area (Å²) in [5.41, 5.74) is 8.40. The Morgan fingerprint density at radius 1 is 1.05 bits per heavy atom. The van der Waals surface area contributed by atoms with E-state index in [1.165, 1.54) is 0 Å². The lowest BCUT2D eigenvalue weighted by atomic mass is 10.1. The number of halogens is 1. The van der Waals surface area contributed by atoms with Gasteiger partial charge in [-0.05, 0) is 52.4 Å². The van der Waals surface area contributed by atoms with E-state index in [4.69, 9.17) is 21.0 Å². The summed E-state index contributed by atoms with van der Waals surface area (Å²) in [5, 5.41) is 17.6. The molecule has 0 atom stereocenters. The fourth-order valence-corrected chi connectivity index (χ4v) is 2.47. The Labute approximate surface area is 130 Å². The molecule has 0 fully saturated rings. The van der Waals surface area contributed by atoms with Crippen molar-refractivity contribution in [1.82, 2.24) is 0 Å². The number of rotatable bonds is 3. The molecule has 2 rings (SSSR count). The van der Waals surface area contributed by atoms with Crippen LogP contribution in [0.5, 0.6) is 5.75 Å². The highest BCUT2D eigenvalue weighted by Gasteiger charge is 2.08. The van der Waals surface area contributed by atoms with Gasteiger partial charge in [-0.25, -0.2) is 0 Å². The molecule has 0 radical (unpaired) electrons. The molecule has 0 saturated carbocycles. The maximum atomic E-state index is 8.86. The molecule has 0 spiro atoms. The quantitative estimate of drug-likeness (QED) is 0.660. The number of nitrogen functional groups attached to an aromatic ring is 1. The Kier molecular flexibility index (Phi) is 4.44. The molecule has 0 saturated heterocycles. The second-order valence-electron chi connectivity index (χ2n) is 4.09. The topological polar surface area (TPSA) is 82.8 Å². The summed E-state index contributed by atoms with van der Waals surface area (Å²) in [5.74, 6) is 0.578. The van der Waals surface area contributed by atoms with E-state index in [0.29, 0.717) is 29.2 Å². The van der Waals surface area contributed by atoms with Crippen molar-refractivity contribution < 1.29 is 4.74 Å². The number of nitrogens with two attached hydrogens (primary N) is 1. The molecular formula is C15H10IN3O. The van der Waals surface area contributed by atoms with E-state index in [1.54, 1.807) is 24.3 Å². The molecule has 2 aromatic carbocycles. The Morgan fingerprint density at radius 2 is 1.70 bits per heavy atom. The molecule has 4 nitrogen and oxygen atoms in total. The average Bonchev–Trinajstić information content (AvgIpc) is 2.46. The van der Waals surface area contributed by atoms with Gasteiger partial charge in [-0.1, -0.05) is 12.1 Å². The Balaban J connectivity index is 2.15. The maximum Gasteiger partial charge on any atom is 0.156 e. The molecule has 0 aliphatic heterocycles. The molecule has 0 heterocycles. The van der Waals surface area contributed by atoms with Crippen LogP contribution in [-0.2, 0) is 6.61 Å². The minimum Gasteiger partial charge on any atom is -0.486 e. The van der Waals surface area contributed by atoms with Crippen molar-refractivity contribution in [2.45, 2.75) is 6.61 Å². The van der Waals surface area contributed by atoms with E-state index in [0.717, 1.165) is 9.13 Å². The van der Waals surface area contributed by atoms with Gasteiger partial charge in [0.05, 0.1) is 32.5 Å². The van der Waals surface area contributed by atoms with Crippen LogP contribution in [-0.4, -0.2) is 0 Å². The van der Waals surface area contributed by atoms with E-state index >= 15 is 0 Å². The molecule has 0 aliphatic carbocycles. The lowest BCUT2D eigenvalue weighted by Crippen LogP contribution is -2.01. The van der Waals surface area contributed by atoms with Gasteiger partial charge in [-0.15, -0.1) is 0 Å². The van der Waals surface area contributed by atoms with Gasteiger partial charge in [-0.3, -0.25) is 0 Å². The first kappa shape index (κ1) is 14.2. The van der Waals surface area contributed by atoms with Crippen molar-refractivity contribution in [1.29, 1.82) is 10.5 Å². The molecule has 5 heteroatoms. The van der Waals surface area contributed by atoms with E-state index in [9.17, 15) is 0 Å². The van der Waals surface area contributed by atoms with Crippen molar-refractivity contribution in [3.8, 4) is 17.9 Å². The highest BCUT2D eigenvalue weighted by atomic mass is 127. The van der Waals surface area contributed by atoms with Crippen LogP contribution < -0.4 is 10.5 Å². The molecule has 98 valence electrons. The van der Waals surface area contributed by atoms with Gasteiger partial charge in [0.1, 0.15) is 6.61 Å². The summed E-state index contributed by atoms with van der Waals surface area (Å²) < 4.78 is 6.50. The Bertz CT molecular complexity index is 688. The number of anilines is 1. The van der Waals surface area contributed by atoms with Gasteiger partial charge < -0.3 is 10.5 Å². The predicted molar refractivity (Wildman–Crippen MR) is 83.8 cm³/mol. The summed E-state index contributed by atoms with van der Waals surface area (Å²) in [4.78, 5) is 0. The zero-order chi connectivity index (χ0) is 14.5. The molecule has 2 aromatic rings. The largest absolute Gasteiger partial charge is 0.486 e. The van der Waals surface area contributed by atoms with Gasteiger partial charge in [0.25, 0.3) is 0 Å². The maximum absolute atomic E-state index is 8.86. The van der Waals surface area contributed by atoms with E-state index < -0.39 is 0 Å². The standard InChI is InChI=1S/C15H10IN3O/c16-13-5-12(8-18)6-14(19)15(13)20-9-11-3-1-10(7-17)2-4-11/h1-6H,9,19H2. The third-order valence-electron chi connectivity index (χ3n) is 2.67. The number of nitrogens with zero attached hydrogens (tertiary/aromatic N) is 2. The number of ether oxygens (including phenoxy) is 1. The second-order valence-corrected chi connectivity index (χ2v) is 5.25. The lowest BCUT2D eigenvalue weighted by Gasteiger charge is -2.11. The van der Waals surface area contributed by atoms with E-state index in [2.05, 4.69) is 34.7 Å². The van der Waals surface area contributed by atoms with Crippen molar-refractivity contribution in [2.75, 3.05) is 5.73 Å². The van der Waals surface area contributed by atoms with Crippen LogP contribution in [0.2, 0.25) is 0 Å². The van der Waals surface area contributed by atoms with Gasteiger partial charge in [0.2, 0.25) is 0 Å². The first-order valence-electron chi connectivity index (χ1n) is 5.75. The zero-order valence-electron chi connectivity index (χ0n) is 10.4. The third-order valence-corrected chi connectivity index (χ3v) is 3.47. The summed E-state index contributed by atoms with van der Waals surface area (Å²) >= 11 is 2.09. The van der Waals surface area contributed by atoms with Gasteiger partial charge in [0, 0.05) is 0 Å². The first-order chi connectivity index (χ1) is 9.63. The SMILES string of the molecule is N#Cc1ccc(COc2c(N)cc(C#N)cc2I)cc1. The van der Waals surface area contributed by atoms with Gasteiger partial charge in [-0.2, -0.15) is 10.5 Å². The molecule has 0 aliphatic rings. The zero-order valence-corrected chi connectivity index (χ0v) is 12.6. The average molecular weight is 375 g/mol. The monoisotopic (exact) mass is 375 g/mol. The van der Waals surface area contributed by atoms with Crippen LogP contribution in [0.15, 0.2) is 36.4 Å². The molecular weight excluding hydrogens is 365 g/mol. The molecule has 0 aromatic heterocycles. The number of benzene rings is 2. The third kappa shape index (κ3) is 3.19. The minimum atomic E-state index is 0.359. The number of hydrogen-bond acceptors (Lipinski definition) is 4. The Morgan fingerprint density at radius 3 is 2.25 bits per heavy atom. The number of nitriles is 2. The van der Waals surface area contributed by atoms with Gasteiger partial charge in [0.15, 0.2) is 5.75 Å². The van der Waals surface area contributed by atoms with Crippen LogP contribution in [0.1, 0.15) is 16.7 Å². The fraction of sp³-hybridized carbons (Fsp3) is 0.0667. The molecule has 20 heavy (non-hydrogen) atoms. The van der Waals surface area contributed by atoms with Crippen LogP contribution >= 0.6 is 22.6 Å². The van der Waals surface area contributed by atoms with E-state index in [1.807, 2.05) is 12.1 Å².